The molecule has 1 aromatic heterocycles. The van der Waals surface area contributed by atoms with Crippen LogP contribution in [0.25, 0.3) is 0 Å². The normalized spacial score (nSPS) is 11.5. The van der Waals surface area contributed by atoms with Gasteiger partial charge in [0.05, 0.1) is 7.11 Å². The molecule has 0 fully saturated rings. The number of rotatable bonds is 5. The van der Waals surface area contributed by atoms with Crippen molar-refractivity contribution in [3.63, 3.8) is 0 Å². The summed E-state index contributed by atoms with van der Waals surface area (Å²) in [5.41, 5.74) is 6.68. The third kappa shape index (κ3) is 3.51. The Hall–Kier alpha value is -2.54. The van der Waals surface area contributed by atoms with Gasteiger partial charge in [0.2, 0.25) is 0 Å². The first-order valence-electron chi connectivity index (χ1n) is 6.13. The molecular formula is C14H14N4O2S. The summed E-state index contributed by atoms with van der Waals surface area (Å²) in [7, 11) is 1.32. The molecule has 0 radical (unpaired) electrons. The van der Waals surface area contributed by atoms with Crippen molar-refractivity contribution in [2.24, 2.45) is 5.73 Å². The fourth-order valence-corrected chi connectivity index (χ4v) is 1.95. The Morgan fingerprint density at radius 3 is 2.57 bits per heavy atom. The molecule has 1 aromatic carbocycles. The van der Waals surface area contributed by atoms with Gasteiger partial charge >= 0.3 is 5.97 Å². The minimum Gasteiger partial charge on any atom is -0.467 e. The lowest BCUT2D eigenvalue weighted by Gasteiger charge is -2.18. The Labute approximate surface area is 127 Å². The zero-order valence-electron chi connectivity index (χ0n) is 11.3. The predicted molar refractivity (Wildman–Crippen MR) is 82.7 cm³/mol. The molecule has 6 nitrogen and oxygen atoms in total. The van der Waals surface area contributed by atoms with Gasteiger partial charge in [-0.25, -0.2) is 14.8 Å². The number of anilines is 1. The number of carbonyl (C=O) groups is 1. The van der Waals surface area contributed by atoms with E-state index in [0.29, 0.717) is 11.5 Å². The second-order valence-corrected chi connectivity index (χ2v) is 4.57. The smallest absolute Gasteiger partial charge is 0.333 e. The topological polar surface area (TPSA) is 90.1 Å². The van der Waals surface area contributed by atoms with E-state index in [1.807, 2.05) is 30.3 Å². The van der Waals surface area contributed by atoms with Crippen LogP contribution in [-0.2, 0) is 9.53 Å². The number of hydrogen-bond acceptors (Lipinski definition) is 6. The maximum Gasteiger partial charge on any atom is 0.333 e. The molecule has 0 bridgehead atoms. The summed E-state index contributed by atoms with van der Waals surface area (Å²) >= 11 is 4.93. The fraction of sp³-hybridized carbons (Fsp3) is 0.143. The zero-order chi connectivity index (χ0) is 15.2. The Kier molecular flexibility index (Phi) is 4.78. The molecule has 21 heavy (non-hydrogen) atoms. The van der Waals surface area contributed by atoms with Gasteiger partial charge in [0.15, 0.2) is 11.9 Å². The highest BCUT2D eigenvalue weighted by atomic mass is 32.1. The van der Waals surface area contributed by atoms with Crippen molar-refractivity contribution in [2.75, 3.05) is 12.4 Å². The molecule has 0 aliphatic rings. The molecule has 0 spiro atoms. The van der Waals surface area contributed by atoms with Crippen LogP contribution >= 0.6 is 12.2 Å². The molecule has 3 N–H and O–H groups in total. The number of aromatic nitrogens is 2. The highest BCUT2D eigenvalue weighted by molar-refractivity contribution is 7.80. The second-order valence-electron chi connectivity index (χ2n) is 4.13. The molecule has 0 aliphatic heterocycles. The zero-order valence-corrected chi connectivity index (χ0v) is 12.1. The lowest BCUT2D eigenvalue weighted by molar-refractivity contribution is -0.141. The summed E-state index contributed by atoms with van der Waals surface area (Å²) < 4.78 is 4.83. The van der Waals surface area contributed by atoms with Crippen LogP contribution < -0.4 is 11.1 Å². The third-order valence-electron chi connectivity index (χ3n) is 2.78. The first-order chi connectivity index (χ1) is 10.1. The van der Waals surface area contributed by atoms with E-state index < -0.39 is 12.0 Å². The number of methoxy groups -OCH3 is 1. The molecular weight excluding hydrogens is 288 g/mol. The summed E-state index contributed by atoms with van der Waals surface area (Å²) in [6.45, 7) is 0. The minimum absolute atomic E-state index is 0.0993. The average molecular weight is 302 g/mol. The van der Waals surface area contributed by atoms with Crippen LogP contribution in [0.4, 0.5) is 5.82 Å². The van der Waals surface area contributed by atoms with E-state index in [-0.39, 0.29) is 4.99 Å². The quantitative estimate of drug-likeness (QED) is 0.638. The molecule has 0 saturated carbocycles. The molecule has 1 heterocycles. The lowest BCUT2D eigenvalue weighted by Crippen LogP contribution is -2.25. The number of ether oxygens (including phenoxy) is 1. The van der Waals surface area contributed by atoms with Crippen LogP contribution in [0.2, 0.25) is 0 Å². The summed E-state index contributed by atoms with van der Waals surface area (Å²) in [5, 5.41) is 2.98. The predicted octanol–water partition coefficient (Wildman–Crippen LogP) is 1.44. The van der Waals surface area contributed by atoms with Gasteiger partial charge in [-0.2, -0.15) is 0 Å². The largest absolute Gasteiger partial charge is 0.467 e. The maximum absolute atomic E-state index is 12.0. The number of nitrogens with one attached hydrogen (secondary N) is 1. The third-order valence-corrected chi connectivity index (χ3v) is 2.98. The highest BCUT2D eigenvalue weighted by Gasteiger charge is 2.23. The van der Waals surface area contributed by atoms with Crippen LogP contribution in [0.15, 0.2) is 42.7 Å². The monoisotopic (exact) mass is 302 g/mol. The van der Waals surface area contributed by atoms with Crippen molar-refractivity contribution in [1.29, 1.82) is 0 Å². The number of hydrogen-bond donors (Lipinski definition) is 2. The van der Waals surface area contributed by atoms with Gasteiger partial charge in [-0.05, 0) is 5.56 Å². The van der Waals surface area contributed by atoms with Crippen molar-refractivity contribution in [1.82, 2.24) is 9.97 Å². The van der Waals surface area contributed by atoms with Crippen molar-refractivity contribution >= 4 is 29.0 Å². The fourth-order valence-electron chi connectivity index (χ4n) is 1.80. The summed E-state index contributed by atoms with van der Waals surface area (Å²) in [6.07, 6.45) is 2.97. The Balaban J connectivity index is 2.37. The number of thiocarbonyl (C=S) groups is 1. The maximum atomic E-state index is 12.0. The Bertz CT molecular complexity index is 648. The molecule has 2 aromatic rings. The SMILES string of the molecule is COC(=O)C(Nc1nccnc1C(N)=S)c1ccccc1. The number of esters is 1. The van der Waals surface area contributed by atoms with Gasteiger partial charge in [0.25, 0.3) is 0 Å². The van der Waals surface area contributed by atoms with E-state index in [4.69, 9.17) is 22.7 Å². The molecule has 108 valence electrons. The summed E-state index contributed by atoms with van der Waals surface area (Å²) in [5.74, 6) is -0.106. The van der Waals surface area contributed by atoms with Crippen LogP contribution in [0.3, 0.4) is 0 Å². The Morgan fingerprint density at radius 1 is 1.29 bits per heavy atom. The minimum atomic E-state index is -0.721. The second kappa shape index (κ2) is 6.76. The van der Waals surface area contributed by atoms with Crippen molar-refractivity contribution < 1.29 is 9.53 Å². The van der Waals surface area contributed by atoms with Gasteiger partial charge in [-0.1, -0.05) is 42.5 Å². The van der Waals surface area contributed by atoms with E-state index in [1.165, 1.54) is 19.5 Å². The van der Waals surface area contributed by atoms with Gasteiger partial charge in [-0.3, -0.25) is 0 Å². The average Bonchev–Trinajstić information content (AvgIpc) is 2.53. The lowest BCUT2D eigenvalue weighted by atomic mass is 10.1. The van der Waals surface area contributed by atoms with Crippen molar-refractivity contribution in [3.05, 3.63) is 54.0 Å². The van der Waals surface area contributed by atoms with E-state index in [0.717, 1.165) is 5.56 Å². The molecule has 0 saturated heterocycles. The first kappa shape index (κ1) is 14.9. The highest BCUT2D eigenvalue weighted by Crippen LogP contribution is 2.21. The van der Waals surface area contributed by atoms with Gasteiger partial charge in [0.1, 0.15) is 10.7 Å². The first-order valence-corrected chi connectivity index (χ1v) is 6.54. The number of nitrogens with two attached hydrogens (primary N) is 1. The van der Waals surface area contributed by atoms with Crippen LogP contribution in [0.1, 0.15) is 17.3 Å². The van der Waals surface area contributed by atoms with Gasteiger partial charge in [-0.15, -0.1) is 0 Å². The molecule has 2 rings (SSSR count). The van der Waals surface area contributed by atoms with E-state index in [1.54, 1.807) is 0 Å². The molecule has 0 aliphatic carbocycles. The number of carbonyl (C=O) groups excluding carboxylic acids is 1. The van der Waals surface area contributed by atoms with Gasteiger partial charge in [0, 0.05) is 12.4 Å². The van der Waals surface area contributed by atoms with Crippen LogP contribution in [0, 0.1) is 0 Å². The Morgan fingerprint density at radius 2 is 1.95 bits per heavy atom. The van der Waals surface area contributed by atoms with Crippen molar-refractivity contribution in [3.8, 4) is 0 Å². The van der Waals surface area contributed by atoms with Crippen LogP contribution in [0.5, 0.6) is 0 Å². The van der Waals surface area contributed by atoms with Gasteiger partial charge < -0.3 is 15.8 Å². The number of benzene rings is 1. The molecule has 0 amide bonds. The van der Waals surface area contributed by atoms with E-state index >= 15 is 0 Å². The molecule has 1 atom stereocenters. The number of nitrogens with zero attached hydrogens (tertiary/aromatic N) is 2. The van der Waals surface area contributed by atoms with Crippen molar-refractivity contribution in [2.45, 2.75) is 6.04 Å². The van der Waals surface area contributed by atoms with Crippen LogP contribution in [-0.4, -0.2) is 28.0 Å². The molecule has 1 unspecified atom stereocenters. The standard InChI is InChI=1S/C14H14N4O2S/c1-20-14(19)10(9-5-3-2-4-6-9)18-13-11(12(15)21)16-7-8-17-13/h2-8,10H,1H3,(H2,15,21)(H,17,18). The van der Waals surface area contributed by atoms with E-state index in [9.17, 15) is 4.79 Å². The summed E-state index contributed by atoms with van der Waals surface area (Å²) in [4.78, 5) is 20.3. The van der Waals surface area contributed by atoms with E-state index in [2.05, 4.69) is 15.3 Å². The summed E-state index contributed by atoms with van der Waals surface area (Å²) in [6, 6.07) is 8.43. The molecule has 7 heteroatoms.